The SMILES string of the molecule is CCCOc1ccc(N2C(=O)NC(=O)/C(=C/c3ccc(OCC(=O)Nc4cccc(C)c4)c(OCC)c3)C2=O)cc1OC. The number of hydrogen-bond donors (Lipinski definition) is 2. The number of barbiturate groups is 1. The van der Waals surface area contributed by atoms with Crippen LogP contribution >= 0.6 is 0 Å². The van der Waals surface area contributed by atoms with E-state index in [-0.39, 0.29) is 23.8 Å². The molecule has 0 radical (unpaired) electrons. The molecule has 1 saturated heterocycles. The normalized spacial score (nSPS) is 13.9. The van der Waals surface area contributed by atoms with E-state index in [1.807, 2.05) is 32.0 Å². The third kappa shape index (κ3) is 7.50. The van der Waals surface area contributed by atoms with Crippen LogP contribution in [0.15, 0.2) is 66.2 Å². The molecule has 2 N–H and O–H groups in total. The van der Waals surface area contributed by atoms with Crippen LogP contribution in [0.3, 0.4) is 0 Å². The van der Waals surface area contributed by atoms with Crippen molar-refractivity contribution in [2.24, 2.45) is 0 Å². The molecule has 1 fully saturated rings. The topological polar surface area (TPSA) is 132 Å². The van der Waals surface area contributed by atoms with E-state index in [0.29, 0.717) is 47.5 Å². The molecule has 3 aromatic carbocycles. The van der Waals surface area contributed by atoms with Gasteiger partial charge in [-0.25, -0.2) is 9.69 Å². The number of benzene rings is 3. The molecule has 0 aromatic heterocycles. The van der Waals surface area contributed by atoms with E-state index >= 15 is 0 Å². The summed E-state index contributed by atoms with van der Waals surface area (Å²) in [5.74, 6) is -0.602. The highest BCUT2D eigenvalue weighted by Crippen LogP contribution is 2.34. The highest BCUT2D eigenvalue weighted by molar-refractivity contribution is 6.39. The summed E-state index contributed by atoms with van der Waals surface area (Å²) in [6.07, 6.45) is 2.14. The number of ether oxygens (including phenoxy) is 4. The standard InChI is InChI=1S/C32H33N3O8/c1-5-14-42-25-13-11-23(18-27(25)40-4)35-31(38)24(30(37)34-32(35)39)16-21-10-12-26(28(17-21)41-6-2)43-19-29(36)33-22-9-7-8-20(3)15-22/h7-13,15-18H,5-6,14,19H2,1-4H3,(H,33,36)(H,34,37,39)/b24-16-. The van der Waals surface area contributed by atoms with Gasteiger partial charge in [0, 0.05) is 11.8 Å². The third-order valence-corrected chi connectivity index (χ3v) is 6.21. The lowest BCUT2D eigenvalue weighted by Crippen LogP contribution is -2.54. The molecule has 43 heavy (non-hydrogen) atoms. The Hall–Kier alpha value is -5.32. The molecule has 224 valence electrons. The summed E-state index contributed by atoms with van der Waals surface area (Å²) in [6.45, 7) is 6.18. The van der Waals surface area contributed by atoms with Crippen LogP contribution in [0.5, 0.6) is 23.0 Å². The maximum Gasteiger partial charge on any atom is 0.335 e. The fraction of sp³-hybridized carbons (Fsp3) is 0.250. The lowest BCUT2D eigenvalue weighted by atomic mass is 10.1. The largest absolute Gasteiger partial charge is 0.493 e. The summed E-state index contributed by atoms with van der Waals surface area (Å²) in [6, 6.07) is 15.9. The van der Waals surface area contributed by atoms with Crippen molar-refractivity contribution in [1.82, 2.24) is 5.32 Å². The van der Waals surface area contributed by atoms with E-state index in [4.69, 9.17) is 18.9 Å². The number of carbonyl (C=O) groups is 4. The molecule has 3 aromatic rings. The van der Waals surface area contributed by atoms with Crippen LogP contribution < -0.4 is 34.5 Å². The lowest BCUT2D eigenvalue weighted by molar-refractivity contribution is -0.122. The zero-order valence-corrected chi connectivity index (χ0v) is 24.4. The van der Waals surface area contributed by atoms with Gasteiger partial charge in [-0.15, -0.1) is 0 Å². The molecule has 1 aliphatic heterocycles. The zero-order chi connectivity index (χ0) is 30.9. The van der Waals surface area contributed by atoms with Gasteiger partial charge in [0.1, 0.15) is 5.57 Å². The van der Waals surface area contributed by atoms with Crippen molar-refractivity contribution >= 4 is 41.2 Å². The molecule has 11 heteroatoms. The number of anilines is 2. The van der Waals surface area contributed by atoms with Gasteiger partial charge >= 0.3 is 6.03 Å². The van der Waals surface area contributed by atoms with Crippen LogP contribution in [0.4, 0.5) is 16.2 Å². The Bertz CT molecular complexity index is 1570. The van der Waals surface area contributed by atoms with Crippen LogP contribution in [-0.2, 0) is 14.4 Å². The van der Waals surface area contributed by atoms with Gasteiger partial charge < -0.3 is 24.3 Å². The van der Waals surface area contributed by atoms with Crippen molar-refractivity contribution in [1.29, 1.82) is 0 Å². The molecule has 5 amide bonds. The van der Waals surface area contributed by atoms with Gasteiger partial charge in [-0.1, -0.05) is 25.1 Å². The molecule has 0 bridgehead atoms. The van der Waals surface area contributed by atoms with Crippen LogP contribution in [-0.4, -0.2) is 50.7 Å². The molecule has 0 saturated carbocycles. The van der Waals surface area contributed by atoms with E-state index in [1.54, 1.807) is 37.3 Å². The number of nitrogens with zero attached hydrogens (tertiary/aromatic N) is 1. The van der Waals surface area contributed by atoms with E-state index in [2.05, 4.69) is 10.6 Å². The van der Waals surface area contributed by atoms with Crippen LogP contribution in [0.25, 0.3) is 6.08 Å². The first kappa shape index (κ1) is 30.6. The molecule has 0 aliphatic carbocycles. The average Bonchev–Trinajstić information content (AvgIpc) is 2.98. The minimum Gasteiger partial charge on any atom is -0.493 e. The van der Waals surface area contributed by atoms with Crippen molar-refractivity contribution in [3.63, 3.8) is 0 Å². The van der Waals surface area contributed by atoms with Gasteiger partial charge in [0.15, 0.2) is 29.6 Å². The van der Waals surface area contributed by atoms with Gasteiger partial charge in [-0.3, -0.25) is 19.7 Å². The highest BCUT2D eigenvalue weighted by atomic mass is 16.5. The highest BCUT2D eigenvalue weighted by Gasteiger charge is 2.37. The van der Waals surface area contributed by atoms with Gasteiger partial charge in [-0.2, -0.15) is 0 Å². The number of methoxy groups -OCH3 is 1. The Morgan fingerprint density at radius 3 is 2.40 bits per heavy atom. The number of amides is 5. The Morgan fingerprint density at radius 2 is 1.67 bits per heavy atom. The fourth-order valence-corrected chi connectivity index (χ4v) is 4.25. The summed E-state index contributed by atoms with van der Waals surface area (Å²) in [4.78, 5) is 52.2. The van der Waals surface area contributed by atoms with Crippen molar-refractivity contribution in [2.45, 2.75) is 27.2 Å². The van der Waals surface area contributed by atoms with Crippen LogP contribution in [0, 0.1) is 6.92 Å². The molecule has 0 unspecified atom stereocenters. The number of nitrogens with one attached hydrogen (secondary N) is 2. The van der Waals surface area contributed by atoms with Crippen molar-refractivity contribution in [3.05, 3.63) is 77.4 Å². The first-order valence-corrected chi connectivity index (χ1v) is 13.7. The quantitative estimate of drug-likeness (QED) is 0.227. The predicted molar refractivity (Wildman–Crippen MR) is 161 cm³/mol. The summed E-state index contributed by atoms with van der Waals surface area (Å²) in [5.41, 5.74) is 2.04. The smallest absolute Gasteiger partial charge is 0.335 e. The molecule has 4 rings (SSSR count). The predicted octanol–water partition coefficient (Wildman–Crippen LogP) is 4.88. The maximum absolute atomic E-state index is 13.4. The molecule has 0 atom stereocenters. The zero-order valence-electron chi connectivity index (χ0n) is 24.4. The average molecular weight is 588 g/mol. The number of carbonyl (C=O) groups excluding carboxylic acids is 4. The molecular weight excluding hydrogens is 554 g/mol. The fourth-order valence-electron chi connectivity index (χ4n) is 4.25. The van der Waals surface area contributed by atoms with E-state index in [0.717, 1.165) is 16.9 Å². The van der Waals surface area contributed by atoms with Crippen LogP contribution in [0.1, 0.15) is 31.4 Å². The lowest BCUT2D eigenvalue weighted by Gasteiger charge is -2.27. The summed E-state index contributed by atoms with van der Waals surface area (Å²) < 4.78 is 22.4. The number of aryl methyl sites for hydroxylation is 1. The summed E-state index contributed by atoms with van der Waals surface area (Å²) >= 11 is 0. The number of imide groups is 2. The molecular formula is C32H33N3O8. The van der Waals surface area contributed by atoms with Crippen molar-refractivity contribution in [2.75, 3.05) is 37.1 Å². The minimum absolute atomic E-state index is 0.198. The third-order valence-electron chi connectivity index (χ3n) is 6.21. The monoisotopic (exact) mass is 587 g/mol. The molecule has 11 nitrogen and oxygen atoms in total. The summed E-state index contributed by atoms with van der Waals surface area (Å²) in [7, 11) is 1.45. The Balaban J connectivity index is 1.54. The minimum atomic E-state index is -0.890. The van der Waals surface area contributed by atoms with Gasteiger partial charge in [0.05, 0.1) is 26.0 Å². The van der Waals surface area contributed by atoms with Crippen LogP contribution in [0.2, 0.25) is 0 Å². The van der Waals surface area contributed by atoms with Gasteiger partial charge in [0.25, 0.3) is 17.7 Å². The van der Waals surface area contributed by atoms with E-state index in [9.17, 15) is 19.2 Å². The Labute approximate surface area is 249 Å². The number of urea groups is 1. The van der Waals surface area contributed by atoms with E-state index in [1.165, 1.54) is 25.3 Å². The number of rotatable bonds is 12. The van der Waals surface area contributed by atoms with Gasteiger partial charge in [-0.05, 0) is 73.9 Å². The molecule has 0 spiro atoms. The first-order chi connectivity index (χ1) is 20.7. The number of hydrogen-bond acceptors (Lipinski definition) is 8. The van der Waals surface area contributed by atoms with Gasteiger partial charge in [0.2, 0.25) is 0 Å². The molecule has 1 heterocycles. The van der Waals surface area contributed by atoms with E-state index < -0.39 is 17.8 Å². The first-order valence-electron chi connectivity index (χ1n) is 13.7. The maximum atomic E-state index is 13.4. The molecule has 1 aliphatic rings. The second kappa shape index (κ2) is 14.0. The van der Waals surface area contributed by atoms with Crippen molar-refractivity contribution in [3.8, 4) is 23.0 Å². The second-order valence-corrected chi connectivity index (χ2v) is 9.49. The van der Waals surface area contributed by atoms with Crippen molar-refractivity contribution < 1.29 is 38.1 Å². The Kier molecular flexibility index (Phi) is 10.00. The Morgan fingerprint density at radius 1 is 0.907 bits per heavy atom. The second-order valence-electron chi connectivity index (χ2n) is 9.49. The summed E-state index contributed by atoms with van der Waals surface area (Å²) in [5, 5.41) is 4.99.